The van der Waals surface area contributed by atoms with Crippen LogP contribution in [0.15, 0.2) is 16.8 Å². The fourth-order valence-electron chi connectivity index (χ4n) is 5.11. The van der Waals surface area contributed by atoms with Gasteiger partial charge in [0, 0.05) is 18.2 Å². The maximum atomic E-state index is 4.90. The van der Waals surface area contributed by atoms with Crippen molar-refractivity contribution in [2.45, 2.75) is 102 Å². The van der Waals surface area contributed by atoms with Gasteiger partial charge in [0.25, 0.3) is 0 Å². The quantitative estimate of drug-likeness (QED) is 0.217. The van der Waals surface area contributed by atoms with Gasteiger partial charge in [0.2, 0.25) is 0 Å². The summed E-state index contributed by atoms with van der Waals surface area (Å²) >= 11 is 0. The summed E-state index contributed by atoms with van der Waals surface area (Å²) in [6.07, 6.45) is 15.0. The Labute approximate surface area is 216 Å². The number of aliphatic imine (C=N–C) groups is 1. The molecule has 1 aromatic rings. The molecule has 4 rings (SSSR count). The smallest absolute Gasteiger partial charge is 0.150 e. The molecule has 0 aromatic carbocycles. The number of piperidine rings is 1. The maximum absolute atomic E-state index is 4.90. The largest absolute Gasteiger partial charge is 0.462 e. The molecule has 10 heteroatoms. The molecular formula is C26H47N10-. The Balaban J connectivity index is 1.09. The maximum Gasteiger partial charge on any atom is 0.150 e. The van der Waals surface area contributed by atoms with Crippen molar-refractivity contribution in [3.63, 3.8) is 0 Å². The first-order chi connectivity index (χ1) is 17.8. The number of aromatic amines is 1. The first-order valence-corrected chi connectivity index (χ1v) is 14.3. The monoisotopic (exact) mass is 499 g/mol. The summed E-state index contributed by atoms with van der Waals surface area (Å²) in [4.78, 5) is 9.55. The van der Waals surface area contributed by atoms with Crippen LogP contribution in [0.1, 0.15) is 82.8 Å². The third-order valence-corrected chi connectivity index (χ3v) is 7.25. The van der Waals surface area contributed by atoms with Crippen molar-refractivity contribution in [1.82, 2.24) is 41.8 Å². The average Bonchev–Trinajstić information content (AvgIpc) is 3.38. The van der Waals surface area contributed by atoms with Gasteiger partial charge in [-0.2, -0.15) is 5.10 Å². The normalized spacial score (nSPS) is 22.9. The predicted molar refractivity (Wildman–Crippen MR) is 146 cm³/mol. The third-order valence-electron chi connectivity index (χ3n) is 7.25. The molecular weight excluding hydrogens is 452 g/mol. The van der Waals surface area contributed by atoms with Crippen molar-refractivity contribution in [3.05, 3.63) is 28.7 Å². The number of H-pyrrole nitrogens is 1. The highest BCUT2D eigenvalue weighted by molar-refractivity contribution is 6.05. The SMILES string of the molecule is CCC1=CC(=NC2CCNCC2)[N-]C(NCc2nc(CCCNCCCNC3CCCCC3)n[nH]2)N1. The van der Waals surface area contributed by atoms with Crippen molar-refractivity contribution in [2.75, 3.05) is 32.7 Å². The number of amidine groups is 1. The number of aryl methyl sites for hydroxylation is 1. The fraction of sp³-hybridized carbons (Fsp3) is 0.808. The van der Waals surface area contributed by atoms with Crippen LogP contribution in [0.2, 0.25) is 0 Å². The number of aromatic nitrogens is 3. The van der Waals surface area contributed by atoms with Crippen LogP contribution in [0.3, 0.4) is 0 Å². The molecule has 1 aliphatic carbocycles. The Bertz CT molecular complexity index is 807. The minimum Gasteiger partial charge on any atom is -0.462 e. The van der Waals surface area contributed by atoms with Gasteiger partial charge in [0.15, 0.2) is 5.82 Å². The molecule has 36 heavy (non-hydrogen) atoms. The number of hydrogen-bond acceptors (Lipinski definition) is 8. The van der Waals surface area contributed by atoms with Gasteiger partial charge >= 0.3 is 0 Å². The van der Waals surface area contributed by atoms with Gasteiger partial charge in [0.05, 0.1) is 12.8 Å². The minimum atomic E-state index is -0.198. The summed E-state index contributed by atoms with van der Waals surface area (Å²) in [5, 5.41) is 29.8. The molecule has 1 atom stereocenters. The molecule has 2 aliphatic heterocycles. The summed E-state index contributed by atoms with van der Waals surface area (Å²) in [6, 6.07) is 1.12. The van der Waals surface area contributed by atoms with Crippen LogP contribution in [0.4, 0.5) is 0 Å². The van der Waals surface area contributed by atoms with Crippen LogP contribution >= 0.6 is 0 Å². The lowest BCUT2D eigenvalue weighted by atomic mass is 9.95. The standard InChI is InChI=1S/C26H47N10/c1-2-20-18-24(31-22-11-16-28-17-12-22)34-26(32-20)30-19-25-33-23(35-36-25)10-6-13-27-14-7-15-29-21-8-4-3-5-9-21/h18,21-22,26-30,32H,2-17,19H2,1H3,(H-,31,33,34,35,36)/q-1. The van der Waals surface area contributed by atoms with Crippen LogP contribution < -0.4 is 26.6 Å². The summed E-state index contributed by atoms with van der Waals surface area (Å²) in [6.45, 7) is 7.99. The zero-order valence-electron chi connectivity index (χ0n) is 22.1. The molecule has 2 fully saturated rings. The lowest BCUT2D eigenvalue weighted by Crippen LogP contribution is -2.44. The molecule has 202 valence electrons. The molecule has 0 radical (unpaired) electrons. The summed E-state index contributed by atoms with van der Waals surface area (Å²) in [7, 11) is 0. The number of rotatable bonds is 14. The fourth-order valence-corrected chi connectivity index (χ4v) is 5.11. The number of hydrogen-bond donors (Lipinski definition) is 6. The lowest BCUT2D eigenvalue weighted by Gasteiger charge is -2.36. The summed E-state index contributed by atoms with van der Waals surface area (Å²) < 4.78 is 0. The van der Waals surface area contributed by atoms with Gasteiger partial charge in [0.1, 0.15) is 5.82 Å². The molecule has 1 saturated heterocycles. The highest BCUT2D eigenvalue weighted by Crippen LogP contribution is 2.17. The Kier molecular flexibility index (Phi) is 11.5. The third kappa shape index (κ3) is 9.46. The van der Waals surface area contributed by atoms with Gasteiger partial charge < -0.3 is 31.6 Å². The summed E-state index contributed by atoms with van der Waals surface area (Å²) in [5.41, 5.74) is 1.16. The molecule has 1 unspecified atom stereocenters. The Morgan fingerprint density at radius 1 is 1.03 bits per heavy atom. The van der Waals surface area contributed by atoms with Crippen LogP contribution in [0.25, 0.3) is 5.32 Å². The highest BCUT2D eigenvalue weighted by atomic mass is 15.3. The van der Waals surface area contributed by atoms with Crippen LogP contribution in [0.5, 0.6) is 0 Å². The molecule has 3 aliphatic rings. The second-order valence-corrected chi connectivity index (χ2v) is 10.2. The zero-order chi connectivity index (χ0) is 24.8. The van der Waals surface area contributed by atoms with Crippen molar-refractivity contribution in [3.8, 4) is 0 Å². The minimum absolute atomic E-state index is 0.198. The molecule has 1 aromatic heterocycles. The summed E-state index contributed by atoms with van der Waals surface area (Å²) in [5.74, 6) is 2.56. The van der Waals surface area contributed by atoms with Gasteiger partial charge in [-0.25, -0.2) is 4.98 Å². The lowest BCUT2D eigenvalue weighted by molar-refractivity contribution is 0.371. The molecule has 3 heterocycles. The van der Waals surface area contributed by atoms with E-state index in [2.05, 4.69) is 54.8 Å². The van der Waals surface area contributed by atoms with E-state index in [1.54, 1.807) is 0 Å². The molecule has 6 N–H and O–H groups in total. The number of nitrogens with one attached hydrogen (secondary N) is 6. The van der Waals surface area contributed by atoms with Gasteiger partial charge in [-0.1, -0.05) is 32.0 Å². The zero-order valence-corrected chi connectivity index (χ0v) is 22.1. The van der Waals surface area contributed by atoms with E-state index in [1.807, 2.05) is 0 Å². The van der Waals surface area contributed by atoms with Crippen LogP contribution in [-0.4, -0.2) is 72.1 Å². The first-order valence-electron chi connectivity index (χ1n) is 14.3. The van der Waals surface area contributed by atoms with Gasteiger partial charge in [-0.15, -0.1) is 0 Å². The molecule has 0 bridgehead atoms. The van der Waals surface area contributed by atoms with Gasteiger partial charge in [-0.05, 0) is 89.8 Å². The Hall–Kier alpha value is -2.01. The topological polar surface area (TPSA) is 128 Å². The molecule has 10 nitrogen and oxygen atoms in total. The predicted octanol–water partition coefficient (Wildman–Crippen LogP) is 2.43. The molecule has 0 spiro atoms. The van der Waals surface area contributed by atoms with Crippen LogP contribution in [0, 0.1) is 0 Å². The van der Waals surface area contributed by atoms with Crippen molar-refractivity contribution >= 4 is 5.84 Å². The van der Waals surface area contributed by atoms with Crippen molar-refractivity contribution in [1.29, 1.82) is 0 Å². The van der Waals surface area contributed by atoms with E-state index in [4.69, 9.17) is 10.3 Å². The van der Waals surface area contributed by atoms with E-state index < -0.39 is 0 Å². The van der Waals surface area contributed by atoms with E-state index in [-0.39, 0.29) is 6.29 Å². The second-order valence-electron chi connectivity index (χ2n) is 10.2. The van der Waals surface area contributed by atoms with Crippen LogP contribution in [-0.2, 0) is 13.0 Å². The van der Waals surface area contributed by atoms with E-state index >= 15 is 0 Å². The number of allylic oxidation sites excluding steroid dienone is 1. The van der Waals surface area contributed by atoms with E-state index in [9.17, 15) is 0 Å². The second kappa shape index (κ2) is 15.3. The Morgan fingerprint density at radius 3 is 2.69 bits per heavy atom. The average molecular weight is 500 g/mol. The van der Waals surface area contributed by atoms with Gasteiger partial charge in [-0.3, -0.25) is 10.4 Å². The number of nitrogens with zero attached hydrogens (tertiary/aromatic N) is 4. The highest BCUT2D eigenvalue weighted by Gasteiger charge is 2.14. The van der Waals surface area contributed by atoms with Crippen molar-refractivity contribution < 1.29 is 0 Å². The first kappa shape index (κ1) is 27.0. The molecule has 1 saturated carbocycles. The van der Waals surface area contributed by atoms with E-state index in [0.717, 1.165) is 94.1 Å². The van der Waals surface area contributed by atoms with Crippen molar-refractivity contribution in [2.24, 2.45) is 4.99 Å². The van der Waals surface area contributed by atoms with E-state index in [1.165, 1.54) is 38.5 Å². The Morgan fingerprint density at radius 2 is 1.86 bits per heavy atom. The van der Waals surface area contributed by atoms with E-state index in [0.29, 0.717) is 12.6 Å². The molecule has 0 amide bonds.